The van der Waals surface area contributed by atoms with Gasteiger partial charge in [0.1, 0.15) is 11.7 Å². The van der Waals surface area contributed by atoms with Gasteiger partial charge >= 0.3 is 0 Å². The van der Waals surface area contributed by atoms with Crippen LogP contribution in [-0.4, -0.2) is 47.0 Å². The Bertz CT molecular complexity index is 955. The number of hydrogen-bond donors (Lipinski definition) is 1. The molecule has 2 amide bonds. The van der Waals surface area contributed by atoms with E-state index in [9.17, 15) is 14.4 Å². The van der Waals surface area contributed by atoms with Crippen molar-refractivity contribution in [1.82, 2.24) is 9.99 Å². The van der Waals surface area contributed by atoms with E-state index in [1.54, 1.807) is 36.7 Å². The zero-order valence-corrected chi connectivity index (χ0v) is 13.8. The predicted molar refractivity (Wildman–Crippen MR) is 91.9 cm³/mol. The molecule has 26 heavy (non-hydrogen) atoms. The smallest absolute Gasteiger partial charge is 0.262 e. The van der Waals surface area contributed by atoms with Crippen molar-refractivity contribution < 1.29 is 19.1 Å². The van der Waals surface area contributed by atoms with Crippen LogP contribution >= 0.6 is 0 Å². The molecule has 0 saturated heterocycles. The van der Waals surface area contributed by atoms with Crippen molar-refractivity contribution in [3.8, 4) is 5.75 Å². The molecule has 2 aliphatic rings. The summed E-state index contributed by atoms with van der Waals surface area (Å²) in [6.45, 7) is -0.112. The summed E-state index contributed by atoms with van der Waals surface area (Å²) < 4.78 is 5.35. The monoisotopic (exact) mass is 350 g/mol. The van der Waals surface area contributed by atoms with Crippen molar-refractivity contribution in [1.29, 1.82) is 0 Å². The molecule has 0 unspecified atom stereocenters. The number of fused-ring (bicyclic) bond motifs is 1. The fourth-order valence-corrected chi connectivity index (χ4v) is 2.95. The molecule has 8 heteroatoms. The number of ketones is 1. The van der Waals surface area contributed by atoms with E-state index in [1.165, 1.54) is 18.1 Å². The third-order valence-corrected chi connectivity index (χ3v) is 4.23. The number of carbonyl (C=O) groups is 3. The Morgan fingerprint density at radius 3 is 2.77 bits per heavy atom. The molecule has 8 nitrogen and oxygen atoms in total. The molecule has 1 aromatic heterocycles. The molecule has 4 rings (SSSR count). The molecular formula is C18H14N4O4. The number of nitrogens with one attached hydrogen (secondary N) is 1. The van der Waals surface area contributed by atoms with Crippen LogP contribution in [0, 0.1) is 5.92 Å². The largest absolute Gasteiger partial charge is 0.482 e. The molecule has 0 radical (unpaired) electrons. The number of ether oxygens (including phenoxy) is 1. The lowest BCUT2D eigenvalue weighted by Gasteiger charge is -2.19. The van der Waals surface area contributed by atoms with Crippen molar-refractivity contribution in [2.24, 2.45) is 11.0 Å². The highest BCUT2D eigenvalue weighted by atomic mass is 16.5. The number of rotatable bonds is 3. The number of hydrogen-bond acceptors (Lipinski definition) is 6. The number of hydrazone groups is 1. The second-order valence-electron chi connectivity index (χ2n) is 5.93. The van der Waals surface area contributed by atoms with Crippen LogP contribution in [0.2, 0.25) is 0 Å². The minimum atomic E-state index is -1.03. The van der Waals surface area contributed by atoms with Crippen molar-refractivity contribution >= 4 is 29.0 Å². The second-order valence-corrected chi connectivity index (χ2v) is 5.93. The molecule has 3 heterocycles. The van der Waals surface area contributed by atoms with Crippen LogP contribution in [0.4, 0.5) is 5.69 Å². The Labute approximate surface area is 148 Å². The lowest BCUT2D eigenvalue weighted by molar-refractivity contribution is -0.129. The van der Waals surface area contributed by atoms with Crippen molar-refractivity contribution in [3.63, 3.8) is 0 Å². The number of carbonyl (C=O) groups excluding carboxylic acids is 3. The summed E-state index contributed by atoms with van der Waals surface area (Å²) in [5, 5.41) is 8.07. The summed E-state index contributed by atoms with van der Waals surface area (Å²) in [5.41, 5.74) is 1.86. The lowest BCUT2D eigenvalue weighted by Crippen LogP contribution is -2.32. The summed E-state index contributed by atoms with van der Waals surface area (Å²) in [5.74, 6) is -1.65. The molecule has 1 aromatic carbocycles. The van der Waals surface area contributed by atoms with Crippen LogP contribution in [0.1, 0.15) is 15.9 Å². The summed E-state index contributed by atoms with van der Waals surface area (Å²) in [4.78, 5) is 40.9. The Kier molecular flexibility index (Phi) is 3.72. The number of pyridine rings is 1. The van der Waals surface area contributed by atoms with Crippen LogP contribution in [0.25, 0.3) is 0 Å². The zero-order chi connectivity index (χ0) is 18.3. The first-order valence-electron chi connectivity index (χ1n) is 7.92. The lowest BCUT2D eigenvalue weighted by atomic mass is 9.89. The van der Waals surface area contributed by atoms with Gasteiger partial charge in [0, 0.05) is 30.6 Å². The van der Waals surface area contributed by atoms with E-state index in [4.69, 9.17) is 4.74 Å². The summed E-state index contributed by atoms with van der Waals surface area (Å²) >= 11 is 0. The summed E-state index contributed by atoms with van der Waals surface area (Å²) in [7, 11) is 1.52. The van der Waals surface area contributed by atoms with Gasteiger partial charge in [0.15, 0.2) is 12.4 Å². The maximum absolute atomic E-state index is 13.0. The first-order valence-corrected chi connectivity index (χ1v) is 7.92. The molecule has 1 N–H and O–H groups in total. The Morgan fingerprint density at radius 1 is 1.23 bits per heavy atom. The second kappa shape index (κ2) is 6.07. The average Bonchev–Trinajstić information content (AvgIpc) is 2.96. The third kappa shape index (κ3) is 2.61. The highest BCUT2D eigenvalue weighted by Crippen LogP contribution is 2.31. The minimum Gasteiger partial charge on any atom is -0.482 e. The van der Waals surface area contributed by atoms with E-state index < -0.39 is 11.8 Å². The number of nitrogens with zero attached hydrogens (tertiary/aromatic N) is 3. The molecule has 1 atom stereocenters. The van der Waals surface area contributed by atoms with Gasteiger partial charge in [-0.2, -0.15) is 5.10 Å². The van der Waals surface area contributed by atoms with Crippen LogP contribution in [0.15, 0.2) is 47.8 Å². The molecule has 0 spiro atoms. The van der Waals surface area contributed by atoms with Gasteiger partial charge in [0.2, 0.25) is 0 Å². The Balaban J connectivity index is 1.70. The fourth-order valence-electron chi connectivity index (χ4n) is 2.95. The molecule has 130 valence electrons. The van der Waals surface area contributed by atoms with E-state index in [0.29, 0.717) is 28.3 Å². The highest BCUT2D eigenvalue weighted by Gasteiger charge is 2.40. The maximum Gasteiger partial charge on any atom is 0.262 e. The summed E-state index contributed by atoms with van der Waals surface area (Å²) in [6.07, 6.45) is 3.16. The maximum atomic E-state index is 13.0. The molecule has 0 bridgehead atoms. The van der Waals surface area contributed by atoms with E-state index >= 15 is 0 Å². The van der Waals surface area contributed by atoms with Gasteiger partial charge in [-0.15, -0.1) is 0 Å². The molecule has 0 fully saturated rings. The Morgan fingerprint density at radius 2 is 2.00 bits per heavy atom. The van der Waals surface area contributed by atoms with Crippen molar-refractivity contribution in [2.45, 2.75) is 0 Å². The van der Waals surface area contributed by atoms with Crippen molar-refractivity contribution in [3.05, 3.63) is 53.9 Å². The van der Waals surface area contributed by atoms with Gasteiger partial charge in [-0.3, -0.25) is 19.4 Å². The first kappa shape index (κ1) is 15.9. The summed E-state index contributed by atoms with van der Waals surface area (Å²) in [6, 6.07) is 8.10. The minimum absolute atomic E-state index is 0.112. The number of amides is 2. The number of benzene rings is 1. The molecule has 0 saturated carbocycles. The van der Waals surface area contributed by atoms with Crippen LogP contribution < -0.4 is 10.1 Å². The van der Waals surface area contributed by atoms with Crippen LogP contribution in [0.5, 0.6) is 5.75 Å². The van der Waals surface area contributed by atoms with Crippen molar-refractivity contribution in [2.75, 3.05) is 19.0 Å². The van der Waals surface area contributed by atoms with E-state index in [1.807, 2.05) is 0 Å². The standard InChI is InChI=1S/C18H14N4O4/c1-22-18(25)15(16(21-22)10-4-6-19-7-5-10)17(24)11-2-3-12-13(8-11)26-9-14(23)20-12/h2-8,15H,9H2,1H3,(H,20,23)/t15-/m0/s1. The van der Waals surface area contributed by atoms with Gasteiger partial charge < -0.3 is 10.1 Å². The van der Waals surface area contributed by atoms with Crippen LogP contribution in [0.3, 0.4) is 0 Å². The van der Waals surface area contributed by atoms with E-state index in [-0.39, 0.29) is 18.3 Å². The fraction of sp³-hybridized carbons (Fsp3) is 0.167. The highest BCUT2D eigenvalue weighted by molar-refractivity contribution is 6.31. The number of aromatic nitrogens is 1. The zero-order valence-electron chi connectivity index (χ0n) is 13.8. The SMILES string of the molecule is CN1N=C(c2ccncc2)[C@@H](C(=O)c2ccc3c(c2)OCC(=O)N3)C1=O. The van der Waals surface area contributed by atoms with E-state index in [0.717, 1.165) is 0 Å². The Hall–Kier alpha value is -3.55. The molecule has 2 aromatic rings. The predicted octanol–water partition coefficient (Wildman–Crippen LogP) is 1.09. The van der Waals surface area contributed by atoms with Gasteiger partial charge in [-0.1, -0.05) is 0 Å². The van der Waals surface area contributed by atoms with Gasteiger partial charge in [0.05, 0.1) is 11.4 Å². The molecule has 0 aliphatic carbocycles. The topological polar surface area (TPSA) is 101 Å². The van der Waals surface area contributed by atoms with Gasteiger partial charge in [-0.05, 0) is 30.3 Å². The van der Waals surface area contributed by atoms with Gasteiger partial charge in [0.25, 0.3) is 11.8 Å². The molecular weight excluding hydrogens is 336 g/mol. The number of anilines is 1. The van der Waals surface area contributed by atoms with Crippen LogP contribution in [-0.2, 0) is 9.59 Å². The first-order chi connectivity index (χ1) is 12.5. The number of Topliss-reactive ketones (excluding diaryl/α,β-unsaturated/α-hetero) is 1. The average molecular weight is 350 g/mol. The van der Waals surface area contributed by atoms with E-state index in [2.05, 4.69) is 15.4 Å². The van der Waals surface area contributed by atoms with Gasteiger partial charge in [-0.25, -0.2) is 5.01 Å². The quantitative estimate of drug-likeness (QED) is 0.660. The molecule has 2 aliphatic heterocycles. The normalized spacial score (nSPS) is 18.7. The third-order valence-electron chi connectivity index (χ3n) is 4.23.